The summed E-state index contributed by atoms with van der Waals surface area (Å²) in [6.45, 7) is 7.18. The fourth-order valence-corrected chi connectivity index (χ4v) is 1.66. The van der Waals surface area contributed by atoms with Gasteiger partial charge in [-0.05, 0) is 32.1 Å². The monoisotopic (exact) mass is 228 g/mol. The lowest BCUT2D eigenvalue weighted by Crippen LogP contribution is -2.52. The molecule has 1 rings (SSSR count). The standard InChI is InChI=1S/C12H24N2O2/c1-9(2)7-13-11(15)10(3)14-8-12(16)5-4-6-12/h9-10,14,16H,4-8H2,1-3H3,(H,13,15). The Kier molecular flexibility index (Phi) is 4.74. The van der Waals surface area contributed by atoms with Gasteiger partial charge in [-0.25, -0.2) is 0 Å². The highest BCUT2D eigenvalue weighted by molar-refractivity contribution is 5.81. The van der Waals surface area contributed by atoms with E-state index in [1.807, 2.05) is 6.92 Å². The number of aliphatic hydroxyl groups is 1. The molecule has 1 saturated carbocycles. The SMILES string of the molecule is CC(C)CNC(=O)C(C)NCC1(O)CCC1. The molecule has 1 aliphatic carbocycles. The summed E-state index contributed by atoms with van der Waals surface area (Å²) in [6, 6.07) is -0.233. The van der Waals surface area contributed by atoms with E-state index in [0.717, 1.165) is 19.3 Å². The molecule has 0 aliphatic heterocycles. The van der Waals surface area contributed by atoms with Gasteiger partial charge in [0, 0.05) is 13.1 Å². The van der Waals surface area contributed by atoms with Crippen LogP contribution in [0.5, 0.6) is 0 Å². The van der Waals surface area contributed by atoms with Crippen LogP contribution >= 0.6 is 0 Å². The Morgan fingerprint density at radius 3 is 2.44 bits per heavy atom. The van der Waals surface area contributed by atoms with Crippen molar-refractivity contribution < 1.29 is 9.90 Å². The van der Waals surface area contributed by atoms with Crippen molar-refractivity contribution in [1.82, 2.24) is 10.6 Å². The second kappa shape index (κ2) is 5.64. The van der Waals surface area contributed by atoms with Crippen molar-refractivity contribution >= 4 is 5.91 Å². The first-order valence-electron chi connectivity index (χ1n) is 6.16. The van der Waals surface area contributed by atoms with Gasteiger partial charge in [0.1, 0.15) is 0 Å². The molecular formula is C12H24N2O2. The molecule has 0 aromatic carbocycles. The van der Waals surface area contributed by atoms with Crippen molar-refractivity contribution in [3.8, 4) is 0 Å². The van der Waals surface area contributed by atoms with E-state index < -0.39 is 5.60 Å². The number of nitrogens with one attached hydrogen (secondary N) is 2. The van der Waals surface area contributed by atoms with E-state index in [-0.39, 0.29) is 11.9 Å². The molecule has 0 radical (unpaired) electrons. The number of hydrogen-bond acceptors (Lipinski definition) is 3. The Morgan fingerprint density at radius 1 is 1.38 bits per heavy atom. The maximum absolute atomic E-state index is 11.6. The summed E-state index contributed by atoms with van der Waals surface area (Å²) in [7, 11) is 0. The molecule has 16 heavy (non-hydrogen) atoms. The molecule has 94 valence electrons. The van der Waals surface area contributed by atoms with E-state index >= 15 is 0 Å². The van der Waals surface area contributed by atoms with Gasteiger partial charge in [0.25, 0.3) is 0 Å². The first-order chi connectivity index (χ1) is 7.43. The maximum atomic E-state index is 11.6. The van der Waals surface area contributed by atoms with Crippen LogP contribution in [0.3, 0.4) is 0 Å². The summed E-state index contributed by atoms with van der Waals surface area (Å²) >= 11 is 0. The number of hydrogen-bond donors (Lipinski definition) is 3. The van der Waals surface area contributed by atoms with Gasteiger partial charge in [0.2, 0.25) is 5.91 Å². The molecule has 3 N–H and O–H groups in total. The summed E-state index contributed by atoms with van der Waals surface area (Å²) in [5.74, 6) is 0.476. The van der Waals surface area contributed by atoms with Crippen molar-refractivity contribution in [3.63, 3.8) is 0 Å². The van der Waals surface area contributed by atoms with Crippen LogP contribution in [-0.2, 0) is 4.79 Å². The maximum Gasteiger partial charge on any atom is 0.236 e. The summed E-state index contributed by atoms with van der Waals surface area (Å²) in [6.07, 6.45) is 2.78. The third kappa shape index (κ3) is 4.10. The highest BCUT2D eigenvalue weighted by Crippen LogP contribution is 2.30. The van der Waals surface area contributed by atoms with E-state index in [4.69, 9.17) is 0 Å². The van der Waals surface area contributed by atoms with E-state index in [9.17, 15) is 9.90 Å². The Morgan fingerprint density at radius 2 is 2.00 bits per heavy atom. The zero-order valence-corrected chi connectivity index (χ0v) is 10.5. The minimum atomic E-state index is -0.563. The fraction of sp³-hybridized carbons (Fsp3) is 0.917. The Labute approximate surface area is 97.8 Å². The van der Waals surface area contributed by atoms with Crippen LogP contribution in [0.25, 0.3) is 0 Å². The second-order valence-electron chi connectivity index (χ2n) is 5.32. The van der Waals surface area contributed by atoms with E-state index in [1.165, 1.54) is 0 Å². The van der Waals surface area contributed by atoms with Crippen LogP contribution in [-0.4, -0.2) is 35.7 Å². The van der Waals surface area contributed by atoms with Gasteiger partial charge in [-0.2, -0.15) is 0 Å². The van der Waals surface area contributed by atoms with E-state index in [2.05, 4.69) is 24.5 Å². The summed E-state index contributed by atoms with van der Waals surface area (Å²) in [4.78, 5) is 11.6. The fourth-order valence-electron chi connectivity index (χ4n) is 1.66. The van der Waals surface area contributed by atoms with Crippen LogP contribution < -0.4 is 10.6 Å². The summed E-state index contributed by atoms with van der Waals surface area (Å²) in [5, 5.41) is 15.8. The highest BCUT2D eigenvalue weighted by atomic mass is 16.3. The van der Waals surface area contributed by atoms with Gasteiger partial charge < -0.3 is 15.7 Å². The third-order valence-corrected chi connectivity index (χ3v) is 3.10. The van der Waals surface area contributed by atoms with Crippen LogP contribution in [0.2, 0.25) is 0 Å². The molecule has 0 aromatic heterocycles. The van der Waals surface area contributed by atoms with Gasteiger partial charge in [-0.3, -0.25) is 4.79 Å². The molecule has 0 heterocycles. The van der Waals surface area contributed by atoms with Crippen molar-refractivity contribution in [1.29, 1.82) is 0 Å². The zero-order chi connectivity index (χ0) is 12.2. The second-order valence-corrected chi connectivity index (χ2v) is 5.32. The zero-order valence-electron chi connectivity index (χ0n) is 10.5. The largest absolute Gasteiger partial charge is 0.389 e. The predicted octanol–water partition coefficient (Wildman–Crippen LogP) is 0.652. The number of carbonyl (C=O) groups excluding carboxylic acids is 1. The minimum Gasteiger partial charge on any atom is -0.389 e. The molecule has 1 atom stereocenters. The first-order valence-corrected chi connectivity index (χ1v) is 6.16. The lowest BCUT2D eigenvalue weighted by atomic mass is 9.80. The number of carbonyl (C=O) groups is 1. The van der Waals surface area contributed by atoms with Crippen molar-refractivity contribution in [3.05, 3.63) is 0 Å². The smallest absolute Gasteiger partial charge is 0.236 e. The Balaban J connectivity index is 2.18. The Bertz CT molecular complexity index is 237. The van der Waals surface area contributed by atoms with Gasteiger partial charge in [0.15, 0.2) is 0 Å². The highest BCUT2D eigenvalue weighted by Gasteiger charge is 2.34. The van der Waals surface area contributed by atoms with Crippen LogP contribution in [0.15, 0.2) is 0 Å². The molecule has 0 bridgehead atoms. The normalized spacial score (nSPS) is 20.3. The predicted molar refractivity (Wildman–Crippen MR) is 64.1 cm³/mol. The average Bonchev–Trinajstić information content (AvgIpc) is 2.19. The minimum absolute atomic E-state index is 0.0108. The van der Waals surface area contributed by atoms with Crippen molar-refractivity contribution in [2.45, 2.75) is 51.7 Å². The molecule has 4 heteroatoms. The molecule has 0 saturated heterocycles. The quantitative estimate of drug-likeness (QED) is 0.625. The average molecular weight is 228 g/mol. The van der Waals surface area contributed by atoms with Gasteiger partial charge in [0.05, 0.1) is 11.6 Å². The number of rotatable bonds is 6. The number of amides is 1. The molecule has 4 nitrogen and oxygen atoms in total. The first kappa shape index (κ1) is 13.5. The van der Waals surface area contributed by atoms with Crippen LogP contribution in [0.1, 0.15) is 40.0 Å². The lowest BCUT2D eigenvalue weighted by molar-refractivity contribution is -0.123. The van der Waals surface area contributed by atoms with Gasteiger partial charge in [-0.15, -0.1) is 0 Å². The van der Waals surface area contributed by atoms with E-state index in [0.29, 0.717) is 19.0 Å². The molecular weight excluding hydrogens is 204 g/mol. The molecule has 0 aromatic rings. The van der Waals surface area contributed by atoms with Gasteiger partial charge in [-0.1, -0.05) is 13.8 Å². The third-order valence-electron chi connectivity index (χ3n) is 3.10. The Hall–Kier alpha value is -0.610. The summed E-state index contributed by atoms with van der Waals surface area (Å²) in [5.41, 5.74) is -0.563. The topological polar surface area (TPSA) is 61.4 Å². The van der Waals surface area contributed by atoms with Crippen LogP contribution in [0, 0.1) is 5.92 Å². The lowest BCUT2D eigenvalue weighted by Gasteiger charge is -2.37. The van der Waals surface area contributed by atoms with Crippen molar-refractivity contribution in [2.75, 3.05) is 13.1 Å². The molecule has 1 amide bonds. The van der Waals surface area contributed by atoms with Crippen LogP contribution in [0.4, 0.5) is 0 Å². The van der Waals surface area contributed by atoms with E-state index in [1.54, 1.807) is 0 Å². The summed E-state index contributed by atoms with van der Waals surface area (Å²) < 4.78 is 0. The van der Waals surface area contributed by atoms with Crippen molar-refractivity contribution in [2.24, 2.45) is 5.92 Å². The molecule has 1 fully saturated rings. The molecule has 1 aliphatic rings. The molecule has 1 unspecified atom stereocenters. The molecule has 0 spiro atoms. The van der Waals surface area contributed by atoms with Gasteiger partial charge >= 0.3 is 0 Å².